The Labute approximate surface area is 155 Å². The second-order valence-electron chi connectivity index (χ2n) is 6.27. The van der Waals surface area contributed by atoms with E-state index in [2.05, 4.69) is 11.4 Å². The van der Waals surface area contributed by atoms with Crippen molar-refractivity contribution in [2.75, 3.05) is 6.54 Å². The van der Waals surface area contributed by atoms with E-state index in [1.54, 1.807) is 0 Å². The van der Waals surface area contributed by atoms with Crippen LogP contribution >= 0.6 is 11.6 Å². The molecule has 2 aromatic rings. The van der Waals surface area contributed by atoms with E-state index in [4.69, 9.17) is 16.3 Å². The minimum atomic E-state index is -0.471. The number of hydrogen-bond acceptors (Lipinski definition) is 2. The monoisotopic (exact) mass is 359 g/mol. The zero-order chi connectivity index (χ0) is 18.2. The van der Waals surface area contributed by atoms with E-state index in [9.17, 15) is 4.79 Å². The van der Waals surface area contributed by atoms with Gasteiger partial charge in [0.15, 0.2) is 6.10 Å². The van der Waals surface area contributed by atoms with E-state index in [1.807, 2.05) is 57.2 Å². The summed E-state index contributed by atoms with van der Waals surface area (Å²) in [5, 5.41) is 3.74. The van der Waals surface area contributed by atoms with Crippen LogP contribution in [0.3, 0.4) is 0 Å². The summed E-state index contributed by atoms with van der Waals surface area (Å²) >= 11 is 6.15. The lowest BCUT2D eigenvalue weighted by Gasteiger charge is -2.19. The lowest BCUT2D eigenvalue weighted by atomic mass is 10.1. The van der Waals surface area contributed by atoms with Gasteiger partial charge >= 0.3 is 0 Å². The Hall–Kier alpha value is -2.00. The first-order valence-corrected chi connectivity index (χ1v) is 9.14. The summed E-state index contributed by atoms with van der Waals surface area (Å²) in [7, 11) is 0. The molecule has 1 N–H and O–H groups in total. The molecule has 1 amide bonds. The van der Waals surface area contributed by atoms with Crippen molar-refractivity contribution in [1.29, 1.82) is 0 Å². The summed E-state index contributed by atoms with van der Waals surface area (Å²) < 4.78 is 5.91. The quantitative estimate of drug-likeness (QED) is 0.683. The number of benzene rings is 2. The molecule has 0 saturated carbocycles. The molecule has 0 aliphatic rings. The molecule has 0 unspecified atom stereocenters. The van der Waals surface area contributed by atoms with Crippen LogP contribution in [0.15, 0.2) is 42.5 Å². The molecular weight excluding hydrogens is 334 g/mol. The van der Waals surface area contributed by atoms with Gasteiger partial charge in [0.2, 0.25) is 0 Å². The number of carbonyl (C=O) groups is 1. The van der Waals surface area contributed by atoms with Gasteiger partial charge in [-0.15, -0.1) is 0 Å². The molecule has 0 heterocycles. The highest BCUT2D eigenvalue weighted by atomic mass is 35.5. The Kier molecular flexibility index (Phi) is 7.32. The fourth-order valence-corrected chi connectivity index (χ4v) is 2.94. The third kappa shape index (κ3) is 5.79. The van der Waals surface area contributed by atoms with Crippen molar-refractivity contribution in [1.82, 2.24) is 5.32 Å². The van der Waals surface area contributed by atoms with Crippen LogP contribution in [0.5, 0.6) is 5.75 Å². The Bertz CT molecular complexity index is 715. The highest BCUT2D eigenvalue weighted by Crippen LogP contribution is 2.21. The average Bonchev–Trinajstić information content (AvgIpc) is 2.59. The van der Waals surface area contributed by atoms with Crippen molar-refractivity contribution >= 4 is 17.5 Å². The molecule has 0 saturated heterocycles. The number of hydrogen-bond donors (Lipinski definition) is 1. The lowest BCUT2D eigenvalue weighted by Crippen LogP contribution is -2.38. The maximum Gasteiger partial charge on any atom is 0.261 e. The van der Waals surface area contributed by atoms with Crippen molar-refractivity contribution in [3.8, 4) is 5.75 Å². The van der Waals surface area contributed by atoms with Gasteiger partial charge in [0.1, 0.15) is 5.75 Å². The van der Waals surface area contributed by atoms with Crippen LogP contribution < -0.4 is 10.1 Å². The standard InChI is InChI=1S/C21H26ClNO2/c1-4-19(25-20-12-11-15(2)14-16(20)3)21(24)23-13-7-9-17-8-5-6-10-18(17)22/h5-6,8,10-12,14,19H,4,7,9,13H2,1-3H3,(H,23,24)/t19-/m1/s1. The largest absolute Gasteiger partial charge is 0.480 e. The lowest BCUT2D eigenvalue weighted by molar-refractivity contribution is -0.128. The molecule has 0 radical (unpaired) electrons. The highest BCUT2D eigenvalue weighted by molar-refractivity contribution is 6.31. The van der Waals surface area contributed by atoms with Crippen molar-refractivity contribution < 1.29 is 9.53 Å². The van der Waals surface area contributed by atoms with E-state index in [-0.39, 0.29) is 5.91 Å². The van der Waals surface area contributed by atoms with E-state index < -0.39 is 6.10 Å². The summed E-state index contributed by atoms with van der Waals surface area (Å²) in [5.74, 6) is 0.699. The molecule has 0 bridgehead atoms. The maximum absolute atomic E-state index is 12.4. The molecule has 2 rings (SSSR count). The normalized spacial score (nSPS) is 11.8. The van der Waals surface area contributed by atoms with Crippen molar-refractivity contribution in [2.24, 2.45) is 0 Å². The predicted octanol–water partition coefficient (Wildman–Crippen LogP) is 4.86. The number of rotatable bonds is 8. The van der Waals surface area contributed by atoms with E-state index in [0.717, 1.165) is 34.7 Å². The summed E-state index contributed by atoms with van der Waals surface area (Å²) in [6.45, 7) is 6.60. The van der Waals surface area contributed by atoms with Gasteiger partial charge in [0.25, 0.3) is 5.91 Å². The fourth-order valence-electron chi connectivity index (χ4n) is 2.71. The van der Waals surface area contributed by atoms with Gasteiger partial charge in [0.05, 0.1) is 0 Å². The Morgan fingerprint density at radius 2 is 1.96 bits per heavy atom. The van der Waals surface area contributed by atoms with E-state index in [1.165, 1.54) is 5.56 Å². The molecule has 0 aliphatic carbocycles. The van der Waals surface area contributed by atoms with Crippen LogP contribution in [-0.2, 0) is 11.2 Å². The maximum atomic E-state index is 12.4. The van der Waals surface area contributed by atoms with Gasteiger partial charge in [-0.05, 0) is 56.4 Å². The van der Waals surface area contributed by atoms with Gasteiger partial charge in [0, 0.05) is 11.6 Å². The molecule has 0 aliphatic heterocycles. The second kappa shape index (κ2) is 9.47. The summed E-state index contributed by atoms with van der Waals surface area (Å²) in [6, 6.07) is 13.8. The van der Waals surface area contributed by atoms with Crippen LogP contribution in [0, 0.1) is 13.8 Å². The molecule has 1 atom stereocenters. The first kappa shape index (κ1) is 19.3. The molecule has 3 nitrogen and oxygen atoms in total. The third-order valence-corrected chi connectivity index (χ3v) is 4.51. The average molecular weight is 360 g/mol. The number of nitrogens with one attached hydrogen (secondary N) is 1. The van der Waals surface area contributed by atoms with Crippen LogP contribution in [-0.4, -0.2) is 18.6 Å². The van der Waals surface area contributed by atoms with Gasteiger partial charge in [-0.3, -0.25) is 4.79 Å². The van der Waals surface area contributed by atoms with E-state index in [0.29, 0.717) is 13.0 Å². The van der Waals surface area contributed by atoms with Crippen LogP contribution in [0.1, 0.15) is 36.5 Å². The molecular formula is C21H26ClNO2. The van der Waals surface area contributed by atoms with Crippen LogP contribution in [0.2, 0.25) is 5.02 Å². The Balaban J connectivity index is 1.82. The molecule has 0 fully saturated rings. The zero-order valence-corrected chi connectivity index (χ0v) is 15.9. The molecule has 134 valence electrons. The molecule has 0 spiro atoms. The first-order valence-electron chi connectivity index (χ1n) is 8.76. The van der Waals surface area contributed by atoms with Crippen molar-refractivity contribution in [3.05, 3.63) is 64.2 Å². The molecule has 2 aromatic carbocycles. The number of aryl methyl sites for hydroxylation is 3. The summed E-state index contributed by atoms with van der Waals surface area (Å²) in [5.41, 5.74) is 3.34. The SMILES string of the molecule is CC[C@@H](Oc1ccc(C)cc1C)C(=O)NCCCc1ccccc1Cl. The van der Waals surface area contributed by atoms with Crippen molar-refractivity contribution in [3.63, 3.8) is 0 Å². The fraction of sp³-hybridized carbons (Fsp3) is 0.381. The van der Waals surface area contributed by atoms with Crippen LogP contribution in [0.25, 0.3) is 0 Å². The molecule has 25 heavy (non-hydrogen) atoms. The van der Waals surface area contributed by atoms with Crippen molar-refractivity contribution in [2.45, 2.75) is 46.1 Å². The number of carbonyl (C=O) groups excluding carboxylic acids is 1. The molecule has 0 aromatic heterocycles. The number of amides is 1. The first-order chi connectivity index (χ1) is 12.0. The molecule has 4 heteroatoms. The van der Waals surface area contributed by atoms with Gasteiger partial charge < -0.3 is 10.1 Å². The minimum Gasteiger partial charge on any atom is -0.480 e. The van der Waals surface area contributed by atoms with Crippen LogP contribution in [0.4, 0.5) is 0 Å². The summed E-state index contributed by atoms with van der Waals surface area (Å²) in [6.07, 6.45) is 1.84. The Morgan fingerprint density at radius 1 is 1.20 bits per heavy atom. The van der Waals surface area contributed by atoms with Gasteiger partial charge in [-0.25, -0.2) is 0 Å². The van der Waals surface area contributed by atoms with Gasteiger partial charge in [-0.2, -0.15) is 0 Å². The Morgan fingerprint density at radius 3 is 2.64 bits per heavy atom. The summed E-state index contributed by atoms with van der Waals surface area (Å²) in [4.78, 5) is 12.4. The topological polar surface area (TPSA) is 38.3 Å². The third-order valence-electron chi connectivity index (χ3n) is 4.14. The predicted molar refractivity (Wildman–Crippen MR) is 103 cm³/mol. The number of halogens is 1. The minimum absolute atomic E-state index is 0.0679. The van der Waals surface area contributed by atoms with Gasteiger partial charge in [-0.1, -0.05) is 54.4 Å². The second-order valence-corrected chi connectivity index (χ2v) is 6.68. The highest BCUT2D eigenvalue weighted by Gasteiger charge is 2.18. The zero-order valence-electron chi connectivity index (χ0n) is 15.1. The van der Waals surface area contributed by atoms with E-state index >= 15 is 0 Å². The smallest absolute Gasteiger partial charge is 0.261 e. The number of ether oxygens (including phenoxy) is 1.